The molecule has 0 N–H and O–H groups in total. The lowest BCUT2D eigenvalue weighted by Gasteiger charge is -2.42. The SMILES string of the molecule is O=C(c1ccccc1)N1C(C(Cl)(Cl)Cl)N(C2CCCCC2)C2=S1N(c1ccccc1)C(c1ccccc1)=N2. The quantitative estimate of drug-likeness (QED) is 0.233. The molecule has 1 saturated carbocycles. The number of carbonyl (C=O) groups is 1. The van der Waals surface area contributed by atoms with Crippen molar-refractivity contribution in [2.45, 2.75) is 48.1 Å². The Balaban J connectivity index is 1.58. The summed E-state index contributed by atoms with van der Waals surface area (Å²) in [4.78, 5) is 21.7. The number of amidine groups is 1. The second kappa shape index (κ2) is 10.7. The maximum absolute atomic E-state index is 14.3. The Bertz CT molecular complexity index is 1370. The van der Waals surface area contributed by atoms with Crippen molar-refractivity contribution >= 4 is 68.2 Å². The first-order chi connectivity index (χ1) is 18.4. The van der Waals surface area contributed by atoms with Crippen molar-refractivity contribution in [2.24, 2.45) is 4.99 Å². The molecule has 0 radical (unpaired) electrons. The Morgan fingerprint density at radius 2 is 1.39 bits per heavy atom. The molecule has 1 amide bonds. The summed E-state index contributed by atoms with van der Waals surface area (Å²) in [7, 11) is -0.961. The van der Waals surface area contributed by atoms with E-state index in [2.05, 4.69) is 9.21 Å². The van der Waals surface area contributed by atoms with E-state index in [1.165, 1.54) is 6.42 Å². The molecule has 0 bridgehead atoms. The summed E-state index contributed by atoms with van der Waals surface area (Å²) in [5.41, 5.74) is 2.44. The fourth-order valence-electron chi connectivity index (χ4n) is 5.44. The minimum atomic E-state index is -1.75. The van der Waals surface area contributed by atoms with Gasteiger partial charge in [-0.15, -0.1) is 0 Å². The molecule has 2 atom stereocenters. The van der Waals surface area contributed by atoms with E-state index in [4.69, 9.17) is 39.8 Å². The van der Waals surface area contributed by atoms with E-state index < -0.39 is 20.8 Å². The zero-order valence-corrected chi connectivity index (χ0v) is 23.7. The van der Waals surface area contributed by atoms with E-state index in [-0.39, 0.29) is 11.9 Å². The van der Waals surface area contributed by atoms with Gasteiger partial charge >= 0.3 is 0 Å². The molecular weight excluding hydrogens is 559 g/mol. The molecule has 6 rings (SSSR count). The number of halogens is 3. The van der Waals surface area contributed by atoms with E-state index >= 15 is 0 Å². The molecule has 9 heteroatoms. The molecule has 196 valence electrons. The summed E-state index contributed by atoms with van der Waals surface area (Å²) in [5, 5.41) is 0.778. The number of rotatable bonds is 4. The van der Waals surface area contributed by atoms with E-state index in [1.807, 2.05) is 91.0 Å². The highest BCUT2D eigenvalue weighted by molar-refractivity contribution is 8.16. The van der Waals surface area contributed by atoms with Crippen molar-refractivity contribution in [2.75, 3.05) is 4.31 Å². The average molecular weight is 586 g/mol. The van der Waals surface area contributed by atoms with Crippen LogP contribution < -0.4 is 4.31 Å². The van der Waals surface area contributed by atoms with Gasteiger partial charge in [0.25, 0.3) is 5.91 Å². The number of alkyl halides is 3. The van der Waals surface area contributed by atoms with E-state index in [1.54, 1.807) is 4.31 Å². The topological polar surface area (TPSA) is 39.2 Å². The summed E-state index contributed by atoms with van der Waals surface area (Å²) in [6, 6.07) is 29.5. The number of benzene rings is 3. The largest absolute Gasteiger partial charge is 0.268 e. The number of aliphatic imine (C=N–C) groups is 1. The molecule has 2 aliphatic heterocycles. The van der Waals surface area contributed by atoms with Crippen molar-refractivity contribution in [3.05, 3.63) is 102 Å². The van der Waals surface area contributed by atoms with Crippen LogP contribution >= 0.6 is 45.7 Å². The van der Waals surface area contributed by atoms with E-state index in [9.17, 15) is 4.79 Å². The Hall–Kier alpha value is -2.35. The fraction of sp³-hybridized carbons (Fsp3) is 0.276. The zero-order valence-electron chi connectivity index (χ0n) is 20.6. The van der Waals surface area contributed by atoms with Gasteiger partial charge in [-0.1, -0.05) is 121 Å². The number of amides is 1. The van der Waals surface area contributed by atoms with Gasteiger partial charge in [0, 0.05) is 17.2 Å². The van der Waals surface area contributed by atoms with Crippen LogP contribution in [0.25, 0.3) is 0 Å². The number of anilines is 1. The van der Waals surface area contributed by atoms with Crippen molar-refractivity contribution < 1.29 is 4.79 Å². The molecule has 0 spiro atoms. The molecule has 0 saturated heterocycles. The maximum Gasteiger partial charge on any atom is 0.266 e. The second-order valence-electron chi connectivity index (χ2n) is 9.59. The van der Waals surface area contributed by atoms with Crippen molar-refractivity contribution in [3.8, 4) is 0 Å². The predicted octanol–water partition coefficient (Wildman–Crippen LogP) is 7.63. The third-order valence-electron chi connectivity index (χ3n) is 7.13. The van der Waals surface area contributed by atoms with Crippen molar-refractivity contribution in [1.29, 1.82) is 0 Å². The normalized spacial score (nSPS) is 22.5. The molecule has 5 nitrogen and oxygen atoms in total. The molecule has 3 aliphatic rings. The molecule has 0 aromatic heterocycles. The number of hydrogen-bond acceptors (Lipinski definition) is 4. The minimum absolute atomic E-state index is 0.124. The predicted molar refractivity (Wildman–Crippen MR) is 160 cm³/mol. The molecule has 2 heterocycles. The fourth-order valence-corrected chi connectivity index (χ4v) is 8.68. The van der Waals surface area contributed by atoms with Crippen LogP contribution in [0.3, 0.4) is 0 Å². The van der Waals surface area contributed by atoms with Gasteiger partial charge in [0.1, 0.15) is 0 Å². The number of para-hydroxylation sites is 1. The summed E-state index contributed by atoms with van der Waals surface area (Å²) in [5.74, 6) is 0.594. The van der Waals surface area contributed by atoms with Gasteiger partial charge in [0.05, 0.1) is 16.5 Å². The van der Waals surface area contributed by atoms with Gasteiger partial charge in [-0.25, -0.2) is 14.2 Å². The molecule has 38 heavy (non-hydrogen) atoms. The Labute approximate surface area is 240 Å². The lowest BCUT2D eigenvalue weighted by Crippen LogP contribution is -2.56. The lowest BCUT2D eigenvalue weighted by molar-refractivity contribution is 0.0695. The Morgan fingerprint density at radius 3 is 2.00 bits per heavy atom. The highest BCUT2D eigenvalue weighted by Crippen LogP contribution is 2.53. The smallest absolute Gasteiger partial charge is 0.266 e. The van der Waals surface area contributed by atoms with Gasteiger partial charge in [0.15, 0.2) is 17.1 Å². The van der Waals surface area contributed by atoms with Crippen LogP contribution in [0.5, 0.6) is 0 Å². The van der Waals surface area contributed by atoms with Gasteiger partial charge in [-0.2, -0.15) is 0 Å². The standard InChI is InChI=1S/C29H27Cl3N4OS/c30-29(31,32)27-34(23-17-9-3-10-18-23)28-33-25(21-13-5-1-6-14-21)35(24-19-11-4-12-20-24)38(28)36(27)26(37)22-15-7-2-8-16-22/h1-2,4-8,11-16,19-20,23,27H,3,9-10,17-18H2. The third-order valence-corrected chi connectivity index (χ3v) is 9.81. The van der Waals surface area contributed by atoms with Gasteiger partial charge in [-0.05, 0) is 37.1 Å². The zero-order chi connectivity index (χ0) is 26.3. The first-order valence-electron chi connectivity index (χ1n) is 12.8. The maximum atomic E-state index is 14.3. The Kier molecular flexibility index (Phi) is 7.27. The van der Waals surface area contributed by atoms with Gasteiger partial charge < -0.3 is 0 Å². The van der Waals surface area contributed by atoms with Crippen LogP contribution in [-0.4, -0.2) is 42.1 Å². The van der Waals surface area contributed by atoms with E-state index in [0.29, 0.717) is 5.56 Å². The van der Waals surface area contributed by atoms with Crippen LogP contribution in [0.1, 0.15) is 48.0 Å². The van der Waals surface area contributed by atoms with Crippen molar-refractivity contribution in [3.63, 3.8) is 0 Å². The summed E-state index contributed by atoms with van der Waals surface area (Å²) in [6.07, 6.45) is 4.51. The van der Waals surface area contributed by atoms with Crippen LogP contribution in [0.2, 0.25) is 0 Å². The molecule has 2 unspecified atom stereocenters. The van der Waals surface area contributed by atoms with E-state index in [0.717, 1.165) is 47.9 Å². The average Bonchev–Trinajstić information content (AvgIpc) is 3.50. The van der Waals surface area contributed by atoms with Crippen LogP contribution in [0, 0.1) is 0 Å². The van der Waals surface area contributed by atoms with Crippen LogP contribution in [-0.2, 0) is 0 Å². The number of hydrogen-bond donors (Lipinski definition) is 0. The number of carbonyl (C=O) groups excluding carboxylic acids is 1. The van der Waals surface area contributed by atoms with Crippen LogP contribution in [0.4, 0.5) is 5.69 Å². The molecular formula is C29H27Cl3N4OS. The van der Waals surface area contributed by atoms with Crippen molar-refractivity contribution in [1.82, 2.24) is 9.21 Å². The second-order valence-corrected chi connectivity index (χ2v) is 13.6. The third kappa shape index (κ3) is 4.67. The monoisotopic (exact) mass is 584 g/mol. The first-order valence-corrected chi connectivity index (χ1v) is 15.1. The lowest BCUT2D eigenvalue weighted by atomic mass is 9.94. The number of nitrogens with zero attached hydrogens (tertiary/aromatic N) is 4. The highest BCUT2D eigenvalue weighted by atomic mass is 35.6. The first kappa shape index (κ1) is 25.9. The van der Waals surface area contributed by atoms with Gasteiger partial charge in [0.2, 0.25) is 3.79 Å². The minimum Gasteiger partial charge on any atom is -0.268 e. The molecule has 3 aromatic carbocycles. The summed E-state index contributed by atoms with van der Waals surface area (Å²) in [6.45, 7) is 0. The Morgan fingerprint density at radius 1 is 0.816 bits per heavy atom. The molecule has 1 fully saturated rings. The highest BCUT2D eigenvalue weighted by Gasteiger charge is 2.57. The van der Waals surface area contributed by atoms with Crippen LogP contribution in [0.15, 0.2) is 96.0 Å². The van der Waals surface area contributed by atoms with Gasteiger partial charge in [-0.3, -0.25) is 9.10 Å². The summed E-state index contributed by atoms with van der Waals surface area (Å²) >= 11 is 20.3. The molecule has 1 aliphatic carbocycles. The summed E-state index contributed by atoms with van der Waals surface area (Å²) < 4.78 is 2.15. The molecule has 3 aromatic rings.